The number of aromatic nitrogens is 3. The van der Waals surface area contributed by atoms with Crippen molar-refractivity contribution in [2.75, 3.05) is 25.5 Å². The highest BCUT2D eigenvalue weighted by Gasteiger charge is 2.18. The molecule has 0 aromatic carbocycles. The Kier molecular flexibility index (Phi) is 3.67. The number of aryl methyl sites for hydroxylation is 1. The maximum atomic E-state index is 4.77. The second-order valence-corrected chi connectivity index (χ2v) is 6.14. The van der Waals surface area contributed by atoms with Gasteiger partial charge < -0.3 is 10.2 Å². The predicted octanol–water partition coefficient (Wildman–Crippen LogP) is 2.33. The van der Waals surface area contributed by atoms with Gasteiger partial charge in [-0.1, -0.05) is 11.3 Å². The normalized spacial score (nSPS) is 15.2. The van der Waals surface area contributed by atoms with Gasteiger partial charge >= 0.3 is 0 Å². The van der Waals surface area contributed by atoms with Gasteiger partial charge in [-0.05, 0) is 32.5 Å². The second-order valence-electron chi connectivity index (χ2n) is 5.16. The van der Waals surface area contributed by atoms with Crippen molar-refractivity contribution in [3.05, 3.63) is 23.0 Å². The molecule has 0 aliphatic carbocycles. The van der Waals surface area contributed by atoms with Gasteiger partial charge in [0, 0.05) is 43.0 Å². The minimum absolute atomic E-state index is 0.862. The number of rotatable bonds is 3. The van der Waals surface area contributed by atoms with Crippen LogP contribution in [-0.2, 0) is 13.0 Å². The lowest BCUT2D eigenvalue weighted by molar-refractivity contribution is 0.310. The number of nitrogens with one attached hydrogen (secondary N) is 1. The molecule has 1 aliphatic rings. The molecular weight excluding hydrogens is 270 g/mol. The Hall–Kier alpha value is -1.53. The Labute approximate surface area is 123 Å². The molecule has 1 N–H and O–H groups in total. The monoisotopic (exact) mass is 289 g/mol. The summed E-state index contributed by atoms with van der Waals surface area (Å²) in [4.78, 5) is 7.10. The number of fused-ring (bicyclic) bond motifs is 1. The second kappa shape index (κ2) is 5.46. The summed E-state index contributed by atoms with van der Waals surface area (Å²) in [5.41, 5.74) is 4.72. The van der Waals surface area contributed by atoms with Crippen LogP contribution in [0.3, 0.4) is 0 Å². The molecule has 3 rings (SSSR count). The van der Waals surface area contributed by atoms with Crippen LogP contribution in [0.15, 0.2) is 6.07 Å². The van der Waals surface area contributed by atoms with Crippen LogP contribution in [0.5, 0.6) is 0 Å². The molecule has 20 heavy (non-hydrogen) atoms. The zero-order chi connectivity index (χ0) is 14.1. The standard InChI is InChI=1S/C14H19N5S/c1-4-15-14-18-17-13(20-14)11-7-10-8-19(3)6-5-12(10)16-9(11)2/h7H,4-6,8H2,1-3H3,(H,15,18). The van der Waals surface area contributed by atoms with Crippen LogP contribution in [0.25, 0.3) is 10.6 Å². The minimum atomic E-state index is 0.862. The van der Waals surface area contributed by atoms with Gasteiger partial charge in [-0.15, -0.1) is 10.2 Å². The summed E-state index contributed by atoms with van der Waals surface area (Å²) in [6.45, 7) is 7.03. The van der Waals surface area contributed by atoms with Gasteiger partial charge in [-0.25, -0.2) is 0 Å². The Balaban J connectivity index is 1.98. The molecule has 0 saturated carbocycles. The van der Waals surface area contributed by atoms with Crippen LogP contribution >= 0.6 is 11.3 Å². The van der Waals surface area contributed by atoms with Gasteiger partial charge in [0.1, 0.15) is 0 Å². The van der Waals surface area contributed by atoms with Gasteiger partial charge in [-0.3, -0.25) is 4.98 Å². The van der Waals surface area contributed by atoms with E-state index in [9.17, 15) is 0 Å². The molecule has 1 aliphatic heterocycles. The SMILES string of the molecule is CCNc1nnc(-c2cc3c(nc2C)CCN(C)C3)s1. The molecule has 0 radical (unpaired) electrons. The third-order valence-electron chi connectivity index (χ3n) is 3.54. The summed E-state index contributed by atoms with van der Waals surface area (Å²) >= 11 is 1.59. The summed E-state index contributed by atoms with van der Waals surface area (Å²) in [5, 5.41) is 13.5. The topological polar surface area (TPSA) is 53.9 Å². The van der Waals surface area contributed by atoms with Crippen LogP contribution in [0.2, 0.25) is 0 Å². The lowest BCUT2D eigenvalue weighted by Gasteiger charge is -2.25. The van der Waals surface area contributed by atoms with E-state index in [0.29, 0.717) is 0 Å². The summed E-state index contributed by atoms with van der Waals surface area (Å²) in [7, 11) is 2.15. The molecule has 0 spiro atoms. The van der Waals surface area contributed by atoms with E-state index in [1.54, 1.807) is 11.3 Å². The fourth-order valence-corrected chi connectivity index (χ4v) is 3.37. The summed E-state index contributed by atoms with van der Waals surface area (Å²) < 4.78 is 0. The fourth-order valence-electron chi connectivity index (χ4n) is 2.49. The van der Waals surface area contributed by atoms with Crippen molar-refractivity contribution in [3.63, 3.8) is 0 Å². The van der Waals surface area contributed by atoms with Crippen molar-refractivity contribution in [1.29, 1.82) is 0 Å². The van der Waals surface area contributed by atoms with E-state index >= 15 is 0 Å². The van der Waals surface area contributed by atoms with E-state index in [-0.39, 0.29) is 0 Å². The Morgan fingerprint density at radius 1 is 1.40 bits per heavy atom. The summed E-state index contributed by atoms with van der Waals surface area (Å²) in [6, 6.07) is 2.24. The molecule has 6 heteroatoms. The molecule has 0 atom stereocenters. The number of hydrogen-bond donors (Lipinski definition) is 1. The van der Waals surface area contributed by atoms with Crippen LogP contribution in [0.1, 0.15) is 23.9 Å². The number of pyridine rings is 1. The molecule has 106 valence electrons. The Morgan fingerprint density at radius 3 is 3.05 bits per heavy atom. The highest BCUT2D eigenvalue weighted by atomic mass is 32.1. The van der Waals surface area contributed by atoms with E-state index in [1.165, 1.54) is 11.3 Å². The Bertz CT molecular complexity index is 622. The summed E-state index contributed by atoms with van der Waals surface area (Å²) in [6.07, 6.45) is 1.03. The zero-order valence-corrected chi connectivity index (χ0v) is 12.9. The molecule has 3 heterocycles. The molecule has 5 nitrogen and oxygen atoms in total. The molecule has 2 aromatic heterocycles. The molecule has 0 unspecified atom stereocenters. The fraction of sp³-hybridized carbons (Fsp3) is 0.500. The molecule has 0 fully saturated rings. The third-order valence-corrected chi connectivity index (χ3v) is 4.45. The van der Waals surface area contributed by atoms with Gasteiger partial charge in [0.05, 0.1) is 0 Å². The molecule has 2 aromatic rings. The van der Waals surface area contributed by atoms with Crippen molar-refractivity contribution in [3.8, 4) is 10.6 Å². The van der Waals surface area contributed by atoms with Gasteiger partial charge in [0.2, 0.25) is 5.13 Å². The van der Waals surface area contributed by atoms with Crippen LogP contribution in [0, 0.1) is 6.92 Å². The highest BCUT2D eigenvalue weighted by molar-refractivity contribution is 7.18. The van der Waals surface area contributed by atoms with E-state index in [0.717, 1.165) is 47.5 Å². The average molecular weight is 289 g/mol. The number of nitrogens with zero attached hydrogens (tertiary/aromatic N) is 4. The quantitative estimate of drug-likeness (QED) is 0.940. The first-order valence-electron chi connectivity index (χ1n) is 6.93. The lowest BCUT2D eigenvalue weighted by Crippen LogP contribution is -2.27. The number of anilines is 1. The maximum Gasteiger partial charge on any atom is 0.205 e. The maximum absolute atomic E-state index is 4.77. The van der Waals surface area contributed by atoms with Gasteiger partial charge in [-0.2, -0.15) is 0 Å². The van der Waals surface area contributed by atoms with E-state index in [1.807, 2.05) is 0 Å². The van der Waals surface area contributed by atoms with Crippen LogP contribution in [-0.4, -0.2) is 40.2 Å². The average Bonchev–Trinajstić information content (AvgIpc) is 2.87. The highest BCUT2D eigenvalue weighted by Crippen LogP contribution is 2.31. The predicted molar refractivity (Wildman–Crippen MR) is 82.1 cm³/mol. The van der Waals surface area contributed by atoms with E-state index < -0.39 is 0 Å². The third kappa shape index (κ3) is 2.53. The van der Waals surface area contributed by atoms with Crippen LogP contribution < -0.4 is 5.32 Å². The first-order valence-corrected chi connectivity index (χ1v) is 7.74. The zero-order valence-electron chi connectivity index (χ0n) is 12.1. The molecular formula is C14H19N5S. The number of hydrogen-bond acceptors (Lipinski definition) is 6. The van der Waals surface area contributed by atoms with Gasteiger partial charge in [0.25, 0.3) is 0 Å². The molecule has 0 amide bonds. The van der Waals surface area contributed by atoms with E-state index in [2.05, 4.69) is 47.4 Å². The van der Waals surface area contributed by atoms with Crippen molar-refractivity contribution < 1.29 is 0 Å². The first kappa shape index (κ1) is 13.5. The Morgan fingerprint density at radius 2 is 2.25 bits per heavy atom. The van der Waals surface area contributed by atoms with Crippen LogP contribution in [0.4, 0.5) is 5.13 Å². The molecule has 0 bridgehead atoms. The van der Waals surface area contributed by atoms with Crippen molar-refractivity contribution >= 4 is 16.5 Å². The lowest BCUT2D eigenvalue weighted by atomic mass is 10.0. The largest absolute Gasteiger partial charge is 0.360 e. The summed E-state index contributed by atoms with van der Waals surface area (Å²) in [5.74, 6) is 0. The van der Waals surface area contributed by atoms with E-state index in [4.69, 9.17) is 4.98 Å². The smallest absolute Gasteiger partial charge is 0.205 e. The van der Waals surface area contributed by atoms with Gasteiger partial charge in [0.15, 0.2) is 5.01 Å². The van der Waals surface area contributed by atoms with Crippen molar-refractivity contribution in [2.45, 2.75) is 26.8 Å². The minimum Gasteiger partial charge on any atom is -0.360 e. The first-order chi connectivity index (χ1) is 9.67. The number of likely N-dealkylation sites (N-methyl/N-ethyl adjacent to an activating group) is 1. The molecule has 0 saturated heterocycles. The van der Waals surface area contributed by atoms with Crippen molar-refractivity contribution in [1.82, 2.24) is 20.1 Å². The van der Waals surface area contributed by atoms with Crippen molar-refractivity contribution in [2.24, 2.45) is 0 Å².